The molecule has 2 amide bonds. The van der Waals surface area contributed by atoms with Gasteiger partial charge in [0.25, 0.3) is 0 Å². The van der Waals surface area contributed by atoms with Crippen LogP contribution >= 0.6 is 0 Å². The number of anilines is 1. The summed E-state index contributed by atoms with van der Waals surface area (Å²) >= 11 is 0. The molecule has 1 aliphatic rings. The van der Waals surface area contributed by atoms with E-state index in [0.717, 1.165) is 49.1 Å². The number of rotatable bonds is 4. The Kier molecular flexibility index (Phi) is 4.81. The van der Waals surface area contributed by atoms with Crippen LogP contribution in [0.3, 0.4) is 0 Å². The molecule has 1 fully saturated rings. The van der Waals surface area contributed by atoms with E-state index in [1.807, 2.05) is 29.4 Å². The lowest BCUT2D eigenvalue weighted by molar-refractivity contribution is 0.0458. The largest absolute Gasteiger partial charge is 0.380 e. The third-order valence-electron chi connectivity index (χ3n) is 4.34. The van der Waals surface area contributed by atoms with E-state index in [2.05, 4.69) is 21.8 Å². The van der Waals surface area contributed by atoms with Crippen LogP contribution in [-0.2, 0) is 11.3 Å². The molecule has 6 nitrogen and oxygen atoms in total. The summed E-state index contributed by atoms with van der Waals surface area (Å²) in [6.45, 7) is 4.52. The highest BCUT2D eigenvalue weighted by atomic mass is 16.5. The summed E-state index contributed by atoms with van der Waals surface area (Å²) in [6.07, 6.45) is 5.06. The normalized spacial score (nSPS) is 18.3. The quantitative estimate of drug-likeness (QED) is 0.943. The third-order valence-corrected chi connectivity index (χ3v) is 4.34. The van der Waals surface area contributed by atoms with Gasteiger partial charge in [-0.05, 0) is 37.5 Å². The smallest absolute Gasteiger partial charge is 0.321 e. The van der Waals surface area contributed by atoms with Gasteiger partial charge in [-0.1, -0.05) is 6.92 Å². The lowest BCUT2D eigenvalue weighted by atomic mass is 10.1. The molecule has 3 rings (SSSR count). The molecule has 1 atom stereocenters. The highest BCUT2D eigenvalue weighted by Gasteiger charge is 2.23. The minimum Gasteiger partial charge on any atom is -0.380 e. The zero-order valence-corrected chi connectivity index (χ0v) is 13.8. The fraction of sp³-hybridized carbons (Fsp3) is 0.529. The lowest BCUT2D eigenvalue weighted by Gasteiger charge is -2.31. The van der Waals surface area contributed by atoms with Crippen molar-refractivity contribution < 1.29 is 9.53 Å². The molecule has 2 heterocycles. The van der Waals surface area contributed by atoms with Gasteiger partial charge in [0.15, 0.2) is 0 Å². The molecular formula is C17H24N4O2. The van der Waals surface area contributed by atoms with Crippen molar-refractivity contribution in [2.24, 2.45) is 0 Å². The molecule has 0 aliphatic carbocycles. The zero-order valence-electron chi connectivity index (χ0n) is 13.8. The Hall–Kier alpha value is -2.08. The molecular weight excluding hydrogens is 292 g/mol. The Morgan fingerprint density at radius 2 is 2.35 bits per heavy atom. The summed E-state index contributed by atoms with van der Waals surface area (Å²) in [5, 5.41) is 2.97. The van der Waals surface area contributed by atoms with Crippen LogP contribution < -0.4 is 5.32 Å². The number of fused-ring (bicyclic) bond motifs is 1. The maximum Gasteiger partial charge on any atom is 0.321 e. The number of aryl methyl sites for hydroxylation is 1. The molecule has 6 heteroatoms. The maximum atomic E-state index is 12.4. The Morgan fingerprint density at radius 1 is 1.48 bits per heavy atom. The highest BCUT2D eigenvalue weighted by Crippen LogP contribution is 2.20. The first-order valence-electron chi connectivity index (χ1n) is 8.25. The molecule has 1 aromatic heterocycles. The average Bonchev–Trinajstić information content (AvgIpc) is 2.97. The summed E-state index contributed by atoms with van der Waals surface area (Å²) in [5.41, 5.74) is 2.79. The van der Waals surface area contributed by atoms with E-state index in [1.165, 1.54) is 0 Å². The SMILES string of the molecule is CCCn1cnc2cc(NC(=O)N3CCC[C@@H](OC)C3)ccc21. The van der Waals surface area contributed by atoms with E-state index in [9.17, 15) is 4.79 Å². The molecule has 2 aromatic rings. The molecule has 1 saturated heterocycles. The predicted octanol–water partition coefficient (Wildman–Crippen LogP) is 3.09. The van der Waals surface area contributed by atoms with Gasteiger partial charge in [0.2, 0.25) is 0 Å². The van der Waals surface area contributed by atoms with Gasteiger partial charge >= 0.3 is 6.03 Å². The fourth-order valence-electron chi connectivity index (χ4n) is 3.08. The highest BCUT2D eigenvalue weighted by molar-refractivity contribution is 5.92. The van der Waals surface area contributed by atoms with Crippen molar-refractivity contribution in [3.63, 3.8) is 0 Å². The average molecular weight is 316 g/mol. The zero-order chi connectivity index (χ0) is 16.2. The van der Waals surface area contributed by atoms with Crippen LogP contribution in [0.15, 0.2) is 24.5 Å². The number of imidazole rings is 1. The number of carbonyl (C=O) groups is 1. The van der Waals surface area contributed by atoms with Crippen molar-refractivity contribution in [2.45, 2.75) is 38.8 Å². The number of carbonyl (C=O) groups excluding carboxylic acids is 1. The van der Waals surface area contributed by atoms with Gasteiger partial charge in [-0.3, -0.25) is 0 Å². The van der Waals surface area contributed by atoms with Crippen LogP contribution in [0.5, 0.6) is 0 Å². The Balaban J connectivity index is 1.70. The van der Waals surface area contributed by atoms with Gasteiger partial charge in [0.1, 0.15) is 0 Å². The van der Waals surface area contributed by atoms with E-state index in [1.54, 1.807) is 7.11 Å². The number of amides is 2. The fourth-order valence-corrected chi connectivity index (χ4v) is 3.08. The monoisotopic (exact) mass is 316 g/mol. The third kappa shape index (κ3) is 3.47. The van der Waals surface area contributed by atoms with Crippen LogP contribution in [0.4, 0.5) is 10.5 Å². The van der Waals surface area contributed by atoms with E-state index >= 15 is 0 Å². The van der Waals surface area contributed by atoms with Crippen molar-refractivity contribution in [1.29, 1.82) is 0 Å². The van der Waals surface area contributed by atoms with E-state index in [0.29, 0.717) is 6.54 Å². The van der Waals surface area contributed by atoms with Gasteiger partial charge in [0.05, 0.1) is 23.5 Å². The summed E-state index contributed by atoms with van der Waals surface area (Å²) in [7, 11) is 1.70. The van der Waals surface area contributed by atoms with Crippen LogP contribution in [-0.4, -0.2) is 46.8 Å². The molecule has 0 spiro atoms. The van der Waals surface area contributed by atoms with Crippen molar-refractivity contribution in [2.75, 3.05) is 25.5 Å². The molecule has 0 bridgehead atoms. The molecule has 1 N–H and O–H groups in total. The van der Waals surface area contributed by atoms with Crippen molar-refractivity contribution in [3.05, 3.63) is 24.5 Å². The molecule has 0 unspecified atom stereocenters. The number of piperidine rings is 1. The van der Waals surface area contributed by atoms with Crippen LogP contribution in [0.25, 0.3) is 11.0 Å². The van der Waals surface area contributed by atoms with Crippen LogP contribution in [0.2, 0.25) is 0 Å². The number of aromatic nitrogens is 2. The second kappa shape index (κ2) is 7.00. The molecule has 0 radical (unpaired) electrons. The number of benzene rings is 1. The van der Waals surface area contributed by atoms with Gasteiger partial charge in [-0.25, -0.2) is 9.78 Å². The van der Waals surface area contributed by atoms with Gasteiger partial charge < -0.3 is 19.5 Å². The van der Waals surface area contributed by atoms with E-state index in [-0.39, 0.29) is 12.1 Å². The summed E-state index contributed by atoms with van der Waals surface area (Å²) in [5.74, 6) is 0. The first kappa shape index (κ1) is 15.8. The molecule has 124 valence electrons. The Labute approximate surface area is 136 Å². The van der Waals surface area contributed by atoms with Crippen molar-refractivity contribution in [1.82, 2.24) is 14.5 Å². The van der Waals surface area contributed by atoms with Gasteiger partial charge in [-0.2, -0.15) is 0 Å². The second-order valence-corrected chi connectivity index (χ2v) is 6.02. The number of nitrogens with one attached hydrogen (secondary N) is 1. The summed E-state index contributed by atoms with van der Waals surface area (Å²) < 4.78 is 7.50. The van der Waals surface area contributed by atoms with Crippen molar-refractivity contribution >= 4 is 22.8 Å². The Bertz CT molecular complexity index is 682. The summed E-state index contributed by atoms with van der Waals surface area (Å²) in [4.78, 5) is 18.6. The Morgan fingerprint density at radius 3 is 3.13 bits per heavy atom. The first-order chi connectivity index (χ1) is 11.2. The van der Waals surface area contributed by atoms with Gasteiger partial charge in [0, 0.05) is 32.4 Å². The number of methoxy groups -OCH3 is 1. The van der Waals surface area contributed by atoms with Crippen LogP contribution in [0, 0.1) is 0 Å². The molecule has 23 heavy (non-hydrogen) atoms. The second-order valence-electron chi connectivity index (χ2n) is 6.02. The van der Waals surface area contributed by atoms with Crippen molar-refractivity contribution in [3.8, 4) is 0 Å². The lowest BCUT2D eigenvalue weighted by Crippen LogP contribution is -2.44. The first-order valence-corrected chi connectivity index (χ1v) is 8.25. The molecule has 1 aliphatic heterocycles. The van der Waals surface area contributed by atoms with E-state index < -0.39 is 0 Å². The molecule has 0 saturated carbocycles. The number of likely N-dealkylation sites (tertiary alicyclic amines) is 1. The maximum absolute atomic E-state index is 12.4. The number of nitrogens with zero attached hydrogens (tertiary/aromatic N) is 3. The van der Waals surface area contributed by atoms with Crippen LogP contribution in [0.1, 0.15) is 26.2 Å². The minimum absolute atomic E-state index is 0.0703. The number of urea groups is 1. The predicted molar refractivity (Wildman–Crippen MR) is 90.6 cm³/mol. The molecule has 1 aromatic carbocycles. The number of hydrogen-bond acceptors (Lipinski definition) is 3. The number of ether oxygens (including phenoxy) is 1. The standard InChI is InChI=1S/C17H24N4O2/c1-3-8-21-12-18-15-10-13(6-7-16(15)21)19-17(22)20-9-4-5-14(11-20)23-2/h6-7,10,12,14H,3-5,8-9,11H2,1-2H3,(H,19,22)/t14-/m1/s1. The van der Waals surface area contributed by atoms with E-state index in [4.69, 9.17) is 4.74 Å². The summed E-state index contributed by atoms with van der Waals surface area (Å²) in [6, 6.07) is 5.81. The minimum atomic E-state index is -0.0703. The van der Waals surface area contributed by atoms with Gasteiger partial charge in [-0.15, -0.1) is 0 Å². The number of hydrogen-bond donors (Lipinski definition) is 1. The topological polar surface area (TPSA) is 59.4 Å².